The standard InChI is InChI=1S/C10H13NO4S2/c1-5-3-7(5)11-17(14,15)9-6(2)4-16-8(9)10(12)13/h4-5,7,11H,3H2,1-2H3,(H,12,13). The maximum atomic E-state index is 12.1. The van der Waals surface area contributed by atoms with Crippen LogP contribution in [-0.2, 0) is 10.0 Å². The summed E-state index contributed by atoms with van der Waals surface area (Å²) in [5.41, 5.74) is 0.480. The fourth-order valence-electron chi connectivity index (χ4n) is 1.66. The fourth-order valence-corrected chi connectivity index (χ4v) is 4.65. The van der Waals surface area contributed by atoms with E-state index in [0.29, 0.717) is 11.5 Å². The van der Waals surface area contributed by atoms with Crippen molar-refractivity contribution < 1.29 is 18.3 Å². The number of carbonyl (C=O) groups is 1. The largest absolute Gasteiger partial charge is 0.477 e. The Morgan fingerprint density at radius 2 is 2.18 bits per heavy atom. The summed E-state index contributed by atoms with van der Waals surface area (Å²) in [6.45, 7) is 3.56. The molecule has 1 heterocycles. The number of carboxylic acids is 1. The van der Waals surface area contributed by atoms with Crippen molar-refractivity contribution in [1.29, 1.82) is 0 Å². The molecule has 0 aromatic carbocycles. The van der Waals surface area contributed by atoms with Crippen molar-refractivity contribution >= 4 is 27.3 Å². The minimum absolute atomic E-state index is 0.0547. The quantitative estimate of drug-likeness (QED) is 0.871. The van der Waals surface area contributed by atoms with Crippen LogP contribution in [0.5, 0.6) is 0 Å². The molecule has 0 aliphatic heterocycles. The van der Waals surface area contributed by atoms with E-state index in [0.717, 1.165) is 17.8 Å². The molecule has 1 aliphatic rings. The molecule has 1 aromatic heterocycles. The summed E-state index contributed by atoms with van der Waals surface area (Å²) in [4.78, 5) is 10.8. The van der Waals surface area contributed by atoms with E-state index in [4.69, 9.17) is 5.11 Å². The summed E-state index contributed by atoms with van der Waals surface area (Å²) >= 11 is 0.941. The maximum absolute atomic E-state index is 12.1. The van der Waals surface area contributed by atoms with Crippen molar-refractivity contribution in [3.8, 4) is 0 Å². The molecular weight excluding hydrogens is 262 g/mol. The predicted molar refractivity (Wildman–Crippen MR) is 63.9 cm³/mol. The summed E-state index contributed by atoms with van der Waals surface area (Å²) in [5.74, 6) is -0.871. The van der Waals surface area contributed by atoms with Crippen LogP contribution < -0.4 is 4.72 Å². The number of rotatable bonds is 4. The highest BCUT2D eigenvalue weighted by molar-refractivity contribution is 7.89. The second-order valence-corrected chi connectivity index (χ2v) is 6.85. The number of thiophene rings is 1. The molecule has 0 spiro atoms. The Hall–Kier alpha value is -0.920. The Balaban J connectivity index is 2.38. The lowest BCUT2D eigenvalue weighted by molar-refractivity contribution is 0.0698. The average molecular weight is 275 g/mol. The monoisotopic (exact) mass is 275 g/mol. The minimum Gasteiger partial charge on any atom is -0.477 e. The van der Waals surface area contributed by atoms with Crippen LogP contribution in [0.15, 0.2) is 10.3 Å². The highest BCUT2D eigenvalue weighted by Gasteiger charge is 2.38. The highest BCUT2D eigenvalue weighted by Crippen LogP contribution is 2.33. The van der Waals surface area contributed by atoms with Crippen LogP contribution in [0.3, 0.4) is 0 Å². The molecule has 0 saturated heterocycles. The van der Waals surface area contributed by atoms with E-state index in [-0.39, 0.29) is 15.8 Å². The summed E-state index contributed by atoms with van der Waals surface area (Å²) < 4.78 is 26.7. The fraction of sp³-hybridized carbons (Fsp3) is 0.500. The molecule has 1 saturated carbocycles. The summed E-state index contributed by atoms with van der Waals surface area (Å²) in [6, 6.07) is -0.0547. The average Bonchev–Trinajstić information content (AvgIpc) is 2.74. The van der Waals surface area contributed by atoms with Crippen LogP contribution in [0.4, 0.5) is 0 Å². The Bertz CT molecular complexity index is 561. The number of carboxylic acid groups (broad SMARTS) is 1. The SMILES string of the molecule is Cc1csc(C(=O)O)c1S(=O)(=O)NC1CC1C. The van der Waals surface area contributed by atoms with Crippen LogP contribution in [0, 0.1) is 12.8 Å². The topological polar surface area (TPSA) is 83.5 Å². The molecule has 0 amide bonds. The molecule has 0 bridgehead atoms. The number of nitrogens with one attached hydrogen (secondary N) is 1. The normalized spacial score (nSPS) is 23.6. The number of aromatic carboxylic acids is 1. The molecule has 5 nitrogen and oxygen atoms in total. The number of sulfonamides is 1. The van der Waals surface area contributed by atoms with E-state index in [9.17, 15) is 13.2 Å². The van der Waals surface area contributed by atoms with E-state index >= 15 is 0 Å². The summed E-state index contributed by atoms with van der Waals surface area (Å²) in [7, 11) is -3.71. The van der Waals surface area contributed by atoms with Crippen LogP contribution in [0.25, 0.3) is 0 Å². The molecule has 1 aliphatic carbocycles. The minimum atomic E-state index is -3.71. The first-order valence-electron chi connectivity index (χ1n) is 5.16. The second-order valence-electron chi connectivity index (χ2n) is 4.32. The molecule has 94 valence electrons. The molecule has 17 heavy (non-hydrogen) atoms. The molecule has 1 aromatic rings. The van der Waals surface area contributed by atoms with Crippen LogP contribution in [-0.4, -0.2) is 25.5 Å². The van der Waals surface area contributed by atoms with Gasteiger partial charge in [-0.3, -0.25) is 0 Å². The van der Waals surface area contributed by atoms with Crippen molar-refractivity contribution in [2.75, 3.05) is 0 Å². The Morgan fingerprint density at radius 1 is 1.59 bits per heavy atom. The zero-order valence-electron chi connectivity index (χ0n) is 9.43. The first-order chi connectivity index (χ1) is 7.83. The third-order valence-electron chi connectivity index (χ3n) is 2.80. The smallest absolute Gasteiger partial charge is 0.347 e. The van der Waals surface area contributed by atoms with E-state index < -0.39 is 16.0 Å². The third-order valence-corrected chi connectivity index (χ3v) is 5.69. The van der Waals surface area contributed by atoms with Gasteiger partial charge in [-0.25, -0.2) is 17.9 Å². The van der Waals surface area contributed by atoms with Crippen molar-refractivity contribution in [3.05, 3.63) is 15.8 Å². The van der Waals surface area contributed by atoms with Crippen LogP contribution in [0.1, 0.15) is 28.6 Å². The van der Waals surface area contributed by atoms with Crippen molar-refractivity contribution in [2.45, 2.75) is 31.2 Å². The summed E-state index contributed by atoms with van der Waals surface area (Å²) in [5, 5.41) is 10.5. The first-order valence-corrected chi connectivity index (χ1v) is 7.53. The zero-order valence-corrected chi connectivity index (χ0v) is 11.1. The van der Waals surface area contributed by atoms with Gasteiger partial charge in [-0.1, -0.05) is 6.92 Å². The van der Waals surface area contributed by atoms with Crippen molar-refractivity contribution in [1.82, 2.24) is 4.72 Å². The Kier molecular flexibility index (Phi) is 3.01. The summed E-state index contributed by atoms with van der Waals surface area (Å²) in [6.07, 6.45) is 0.810. The van der Waals surface area contributed by atoms with E-state index in [1.54, 1.807) is 12.3 Å². The maximum Gasteiger partial charge on any atom is 0.347 e. The van der Waals surface area contributed by atoms with E-state index in [1.807, 2.05) is 6.92 Å². The Morgan fingerprint density at radius 3 is 2.65 bits per heavy atom. The zero-order chi connectivity index (χ0) is 12.8. The third kappa shape index (κ3) is 2.36. The molecule has 2 unspecified atom stereocenters. The number of hydrogen-bond acceptors (Lipinski definition) is 4. The lowest BCUT2D eigenvalue weighted by Gasteiger charge is -2.06. The predicted octanol–water partition coefficient (Wildman–Crippen LogP) is 1.44. The van der Waals surface area contributed by atoms with Crippen molar-refractivity contribution in [3.63, 3.8) is 0 Å². The van der Waals surface area contributed by atoms with Gasteiger partial charge in [-0.15, -0.1) is 11.3 Å². The van der Waals surface area contributed by atoms with Gasteiger partial charge in [-0.2, -0.15) is 0 Å². The molecular formula is C10H13NO4S2. The molecule has 0 radical (unpaired) electrons. The van der Waals surface area contributed by atoms with Gasteiger partial charge in [0, 0.05) is 6.04 Å². The molecule has 2 rings (SSSR count). The molecule has 2 atom stereocenters. The van der Waals surface area contributed by atoms with Gasteiger partial charge < -0.3 is 5.11 Å². The highest BCUT2D eigenvalue weighted by atomic mass is 32.2. The first kappa shape index (κ1) is 12.5. The second kappa shape index (κ2) is 4.08. The lowest BCUT2D eigenvalue weighted by atomic mass is 10.3. The van der Waals surface area contributed by atoms with Gasteiger partial charge in [0.2, 0.25) is 10.0 Å². The van der Waals surface area contributed by atoms with E-state index in [2.05, 4.69) is 4.72 Å². The van der Waals surface area contributed by atoms with Crippen molar-refractivity contribution in [2.24, 2.45) is 5.92 Å². The lowest BCUT2D eigenvalue weighted by Crippen LogP contribution is -2.28. The van der Waals surface area contributed by atoms with Crippen LogP contribution in [0.2, 0.25) is 0 Å². The van der Waals surface area contributed by atoms with Gasteiger partial charge in [0.25, 0.3) is 0 Å². The Labute approximate surface area is 104 Å². The number of hydrogen-bond donors (Lipinski definition) is 2. The van der Waals surface area contributed by atoms with Gasteiger partial charge in [0.05, 0.1) is 0 Å². The molecule has 1 fully saturated rings. The van der Waals surface area contributed by atoms with Gasteiger partial charge in [0.15, 0.2) is 0 Å². The van der Waals surface area contributed by atoms with E-state index in [1.165, 1.54) is 0 Å². The number of aryl methyl sites for hydroxylation is 1. The van der Waals surface area contributed by atoms with Crippen LogP contribution >= 0.6 is 11.3 Å². The molecule has 7 heteroatoms. The van der Waals surface area contributed by atoms with Gasteiger partial charge in [0.1, 0.15) is 9.77 Å². The van der Waals surface area contributed by atoms with Gasteiger partial charge >= 0.3 is 5.97 Å². The van der Waals surface area contributed by atoms with Gasteiger partial charge in [-0.05, 0) is 30.2 Å². The molecule has 2 N–H and O–H groups in total.